The maximum absolute atomic E-state index is 4.55. The van der Waals surface area contributed by atoms with Gasteiger partial charge >= 0.3 is 0 Å². The number of hydrogen-bond donors (Lipinski definition) is 1. The van der Waals surface area contributed by atoms with Crippen LogP contribution in [0.1, 0.15) is 29.7 Å². The van der Waals surface area contributed by atoms with Gasteiger partial charge in [0.15, 0.2) is 0 Å². The van der Waals surface area contributed by atoms with Crippen molar-refractivity contribution in [1.82, 2.24) is 5.43 Å². The highest BCUT2D eigenvalue weighted by atomic mass is 15.3. The van der Waals surface area contributed by atoms with Crippen LogP contribution in [-0.4, -0.2) is 12.1 Å². The highest BCUT2D eigenvalue weighted by Crippen LogP contribution is 2.14. The van der Waals surface area contributed by atoms with Gasteiger partial charge in [0, 0.05) is 11.1 Å². The molecule has 0 aliphatic rings. The summed E-state index contributed by atoms with van der Waals surface area (Å²) in [7, 11) is 0. The van der Waals surface area contributed by atoms with E-state index in [0.717, 1.165) is 16.8 Å². The minimum absolute atomic E-state index is 0.0841. The molecule has 0 bridgehead atoms. The fraction of sp³-hybridized carbons (Fsp3) is 0.0909. The summed E-state index contributed by atoms with van der Waals surface area (Å²) < 4.78 is 0. The van der Waals surface area contributed by atoms with Crippen molar-refractivity contribution in [2.24, 2.45) is 10.1 Å². The molecule has 3 nitrogen and oxygen atoms in total. The molecule has 0 spiro atoms. The Labute approximate surface area is 148 Å². The number of aliphatic imine (C=N–C) groups is 1. The zero-order valence-corrected chi connectivity index (χ0v) is 14.2. The molecule has 3 aromatic rings. The molecule has 0 aromatic heterocycles. The molecule has 124 valence electrons. The van der Waals surface area contributed by atoms with E-state index < -0.39 is 0 Å². The highest BCUT2D eigenvalue weighted by molar-refractivity contribution is 6.12. The Hall–Kier alpha value is -3.20. The largest absolute Gasteiger partial charge is 0.267 e. The van der Waals surface area contributed by atoms with Crippen LogP contribution in [0.4, 0.5) is 0 Å². The number of nitrogens with one attached hydrogen (secondary N) is 1. The smallest absolute Gasteiger partial charge is 0.104 e. The van der Waals surface area contributed by atoms with Gasteiger partial charge in [0.2, 0.25) is 0 Å². The van der Waals surface area contributed by atoms with Crippen molar-refractivity contribution in [3.05, 3.63) is 108 Å². The van der Waals surface area contributed by atoms with Crippen molar-refractivity contribution in [2.75, 3.05) is 0 Å². The lowest BCUT2D eigenvalue weighted by molar-refractivity contribution is 0.814. The van der Waals surface area contributed by atoms with E-state index >= 15 is 0 Å². The van der Waals surface area contributed by atoms with Crippen LogP contribution < -0.4 is 5.43 Å². The van der Waals surface area contributed by atoms with Crippen LogP contribution in [0.15, 0.2) is 101 Å². The molecule has 0 fully saturated rings. The third-order valence-electron chi connectivity index (χ3n) is 3.91. The number of rotatable bonds is 6. The van der Waals surface area contributed by atoms with Crippen LogP contribution in [0.5, 0.6) is 0 Å². The fourth-order valence-electron chi connectivity index (χ4n) is 2.54. The van der Waals surface area contributed by atoms with Gasteiger partial charge in [-0.15, -0.1) is 0 Å². The molecule has 1 N–H and O–H groups in total. The average molecular weight is 327 g/mol. The van der Waals surface area contributed by atoms with Gasteiger partial charge in [-0.2, -0.15) is 5.10 Å². The summed E-state index contributed by atoms with van der Waals surface area (Å²) in [5.41, 5.74) is 7.17. The summed E-state index contributed by atoms with van der Waals surface area (Å²) in [5, 5.41) is 4.55. The van der Waals surface area contributed by atoms with Crippen molar-refractivity contribution in [3.8, 4) is 0 Å². The van der Waals surface area contributed by atoms with Crippen molar-refractivity contribution in [3.63, 3.8) is 0 Å². The van der Waals surface area contributed by atoms with E-state index in [-0.39, 0.29) is 6.04 Å². The second-order valence-electron chi connectivity index (χ2n) is 5.69. The minimum Gasteiger partial charge on any atom is -0.267 e. The Morgan fingerprint density at radius 2 is 1.24 bits per heavy atom. The molecule has 0 radical (unpaired) electrons. The first-order chi connectivity index (χ1) is 12.3. The number of benzene rings is 3. The molecule has 0 aliphatic heterocycles. The second-order valence-corrected chi connectivity index (χ2v) is 5.69. The SMILES string of the molecule is C[C@H](N=CNN=C(c1ccccc1)c1ccccc1)c1ccccc1. The lowest BCUT2D eigenvalue weighted by Crippen LogP contribution is -2.11. The van der Waals surface area contributed by atoms with Crippen molar-refractivity contribution in [2.45, 2.75) is 13.0 Å². The van der Waals surface area contributed by atoms with Gasteiger partial charge in [-0.1, -0.05) is 91.0 Å². The van der Waals surface area contributed by atoms with Crippen LogP contribution in [0, 0.1) is 0 Å². The molecule has 0 heterocycles. The molecule has 25 heavy (non-hydrogen) atoms. The van der Waals surface area contributed by atoms with Gasteiger partial charge in [-0.25, -0.2) is 0 Å². The van der Waals surface area contributed by atoms with Crippen molar-refractivity contribution in [1.29, 1.82) is 0 Å². The van der Waals surface area contributed by atoms with Gasteiger partial charge in [-0.05, 0) is 12.5 Å². The lowest BCUT2D eigenvalue weighted by atomic mass is 10.0. The third-order valence-corrected chi connectivity index (χ3v) is 3.91. The quantitative estimate of drug-likeness (QED) is 0.393. The van der Waals surface area contributed by atoms with Crippen LogP contribution in [-0.2, 0) is 0 Å². The first-order valence-electron chi connectivity index (χ1n) is 8.35. The van der Waals surface area contributed by atoms with E-state index in [1.54, 1.807) is 6.34 Å². The maximum Gasteiger partial charge on any atom is 0.104 e. The normalized spacial score (nSPS) is 11.9. The number of nitrogens with zero attached hydrogens (tertiary/aromatic N) is 2. The molecule has 0 saturated heterocycles. The molecule has 1 atom stereocenters. The Bertz CT molecular complexity index is 783. The fourth-order valence-corrected chi connectivity index (χ4v) is 2.54. The summed E-state index contributed by atoms with van der Waals surface area (Å²) >= 11 is 0. The summed E-state index contributed by atoms with van der Waals surface area (Å²) in [6.45, 7) is 2.06. The second kappa shape index (κ2) is 8.60. The predicted molar refractivity (Wildman–Crippen MR) is 105 cm³/mol. The summed E-state index contributed by atoms with van der Waals surface area (Å²) in [4.78, 5) is 4.51. The molecule has 0 aliphatic carbocycles. The minimum atomic E-state index is 0.0841. The summed E-state index contributed by atoms with van der Waals surface area (Å²) in [6, 6.07) is 30.6. The van der Waals surface area contributed by atoms with Crippen LogP contribution in [0.2, 0.25) is 0 Å². The van der Waals surface area contributed by atoms with E-state index in [1.165, 1.54) is 5.56 Å². The lowest BCUT2D eigenvalue weighted by Gasteiger charge is -2.08. The molecule has 0 saturated carbocycles. The molecule has 3 heteroatoms. The zero-order valence-electron chi connectivity index (χ0n) is 14.2. The first-order valence-corrected chi connectivity index (χ1v) is 8.35. The molecule has 0 amide bonds. The monoisotopic (exact) mass is 327 g/mol. The van der Waals surface area contributed by atoms with Crippen LogP contribution in [0.25, 0.3) is 0 Å². The summed E-state index contributed by atoms with van der Waals surface area (Å²) in [6.07, 6.45) is 1.66. The van der Waals surface area contributed by atoms with E-state index in [0.29, 0.717) is 0 Å². The van der Waals surface area contributed by atoms with E-state index in [1.807, 2.05) is 54.6 Å². The van der Waals surface area contributed by atoms with Crippen LogP contribution in [0.3, 0.4) is 0 Å². The topological polar surface area (TPSA) is 36.8 Å². The number of hydrazone groups is 1. The van der Waals surface area contributed by atoms with E-state index in [2.05, 4.69) is 58.8 Å². The Kier molecular flexibility index (Phi) is 5.73. The van der Waals surface area contributed by atoms with Crippen molar-refractivity contribution >= 4 is 12.1 Å². The Morgan fingerprint density at radius 3 is 1.76 bits per heavy atom. The third kappa shape index (κ3) is 4.64. The Morgan fingerprint density at radius 1 is 0.760 bits per heavy atom. The number of hydrogen-bond acceptors (Lipinski definition) is 2. The molecule has 0 unspecified atom stereocenters. The average Bonchev–Trinajstić information content (AvgIpc) is 2.70. The van der Waals surface area contributed by atoms with Gasteiger partial charge in [-0.3, -0.25) is 10.4 Å². The molecule has 3 rings (SSSR count). The van der Waals surface area contributed by atoms with E-state index in [9.17, 15) is 0 Å². The molecular weight excluding hydrogens is 306 g/mol. The molecule has 3 aromatic carbocycles. The van der Waals surface area contributed by atoms with Crippen LogP contribution >= 0.6 is 0 Å². The predicted octanol–water partition coefficient (Wildman–Crippen LogP) is 4.82. The van der Waals surface area contributed by atoms with Gasteiger partial charge < -0.3 is 0 Å². The van der Waals surface area contributed by atoms with Gasteiger partial charge in [0.1, 0.15) is 6.34 Å². The van der Waals surface area contributed by atoms with E-state index in [4.69, 9.17) is 0 Å². The first kappa shape index (κ1) is 16.7. The van der Waals surface area contributed by atoms with Gasteiger partial charge in [0.05, 0.1) is 11.8 Å². The highest BCUT2D eigenvalue weighted by Gasteiger charge is 2.06. The van der Waals surface area contributed by atoms with Crippen molar-refractivity contribution < 1.29 is 0 Å². The standard InChI is InChI=1S/C22H21N3/c1-18(19-11-5-2-6-12-19)23-17-24-25-22(20-13-7-3-8-14-20)21-15-9-4-10-16-21/h2-18H,1H3,(H,23,24)/t18-/m0/s1. The zero-order chi connectivity index (χ0) is 17.3. The maximum atomic E-state index is 4.55. The van der Waals surface area contributed by atoms with Gasteiger partial charge in [0.25, 0.3) is 0 Å². The molecular formula is C22H21N3. The Balaban J connectivity index is 1.77. The summed E-state index contributed by atoms with van der Waals surface area (Å²) in [5.74, 6) is 0.